The molecule has 4 heteroatoms. The highest BCUT2D eigenvalue weighted by atomic mass is 15.3. The summed E-state index contributed by atoms with van der Waals surface area (Å²) in [5, 5.41) is 8.02. The molecule has 1 aliphatic heterocycles. The van der Waals surface area contributed by atoms with Crippen LogP contribution < -0.4 is 5.32 Å². The lowest BCUT2D eigenvalue weighted by atomic mass is 10.2. The molecule has 4 nitrogen and oxygen atoms in total. The van der Waals surface area contributed by atoms with E-state index >= 15 is 0 Å². The number of likely N-dealkylation sites (tertiary alicyclic amines) is 1. The lowest BCUT2D eigenvalue weighted by Gasteiger charge is -2.19. The molecule has 2 aliphatic rings. The van der Waals surface area contributed by atoms with Gasteiger partial charge in [-0.25, -0.2) is 0 Å². The van der Waals surface area contributed by atoms with Crippen LogP contribution in [-0.4, -0.2) is 39.4 Å². The lowest BCUT2D eigenvalue weighted by molar-refractivity contribution is 0.257. The Labute approximate surface area is 109 Å². The van der Waals surface area contributed by atoms with Crippen molar-refractivity contribution in [3.8, 4) is 0 Å². The summed E-state index contributed by atoms with van der Waals surface area (Å²) in [6, 6.07) is 2.64. The van der Waals surface area contributed by atoms with Crippen LogP contribution in [-0.2, 0) is 0 Å². The molecule has 1 aromatic heterocycles. The van der Waals surface area contributed by atoms with Gasteiger partial charge in [0, 0.05) is 36.9 Å². The molecule has 0 amide bonds. The average molecular weight is 248 g/mol. The molecular weight excluding hydrogens is 224 g/mol. The highest BCUT2D eigenvalue weighted by Gasteiger charge is 2.38. The predicted octanol–water partition coefficient (Wildman–Crippen LogP) is 2.50. The quantitative estimate of drug-likeness (QED) is 0.888. The van der Waals surface area contributed by atoms with E-state index in [0.29, 0.717) is 12.1 Å². The van der Waals surface area contributed by atoms with E-state index in [1.807, 2.05) is 10.9 Å². The summed E-state index contributed by atoms with van der Waals surface area (Å²) in [7, 11) is 0. The van der Waals surface area contributed by atoms with Crippen molar-refractivity contribution in [3.05, 3.63) is 12.4 Å². The van der Waals surface area contributed by atoms with Gasteiger partial charge in [-0.05, 0) is 40.0 Å². The number of nitrogens with one attached hydrogen (secondary N) is 1. The molecule has 1 aromatic rings. The minimum atomic E-state index is 0.436. The van der Waals surface area contributed by atoms with Crippen molar-refractivity contribution >= 4 is 5.69 Å². The maximum absolute atomic E-state index is 4.38. The minimum Gasteiger partial charge on any atom is -0.378 e. The maximum atomic E-state index is 4.38. The first-order valence-corrected chi connectivity index (χ1v) is 7.20. The van der Waals surface area contributed by atoms with E-state index in [-0.39, 0.29) is 0 Å². The van der Waals surface area contributed by atoms with Gasteiger partial charge < -0.3 is 5.32 Å². The number of aromatic nitrogens is 2. The molecule has 1 saturated heterocycles. The van der Waals surface area contributed by atoms with Crippen LogP contribution in [0.2, 0.25) is 0 Å². The van der Waals surface area contributed by atoms with Crippen LogP contribution >= 0.6 is 0 Å². The molecule has 2 heterocycles. The van der Waals surface area contributed by atoms with Crippen LogP contribution in [0.3, 0.4) is 0 Å². The standard InChI is InChI=1S/C14H24N4/c1-10(2)18-9-13(7-15-18)16-12-6-11(3)17(8-12)14-4-5-14/h7,9-12,14,16H,4-6,8H2,1-3H3. The normalized spacial score (nSPS) is 29.1. The zero-order valence-electron chi connectivity index (χ0n) is 11.6. The van der Waals surface area contributed by atoms with E-state index in [1.165, 1.54) is 31.5 Å². The van der Waals surface area contributed by atoms with E-state index in [9.17, 15) is 0 Å². The van der Waals surface area contributed by atoms with Gasteiger partial charge in [-0.3, -0.25) is 9.58 Å². The molecule has 18 heavy (non-hydrogen) atoms. The molecule has 3 rings (SSSR count). The van der Waals surface area contributed by atoms with Gasteiger partial charge in [0.05, 0.1) is 11.9 Å². The predicted molar refractivity (Wildman–Crippen MR) is 73.8 cm³/mol. The van der Waals surface area contributed by atoms with Crippen LogP contribution in [0.4, 0.5) is 5.69 Å². The summed E-state index contributed by atoms with van der Waals surface area (Å²) in [6.07, 6.45) is 8.13. The van der Waals surface area contributed by atoms with Gasteiger partial charge in [0.25, 0.3) is 0 Å². The SMILES string of the molecule is CC1CC(Nc2cnn(C(C)C)c2)CN1C1CC1. The Bertz CT molecular complexity index is 408. The molecule has 0 spiro atoms. The third-order valence-corrected chi connectivity index (χ3v) is 4.14. The third-order valence-electron chi connectivity index (χ3n) is 4.14. The number of anilines is 1. The zero-order valence-corrected chi connectivity index (χ0v) is 11.6. The Hall–Kier alpha value is -1.03. The third kappa shape index (κ3) is 2.39. The fourth-order valence-corrected chi connectivity index (χ4v) is 3.01. The van der Waals surface area contributed by atoms with E-state index in [0.717, 1.165) is 12.1 Å². The molecular formula is C14H24N4. The molecule has 2 fully saturated rings. The minimum absolute atomic E-state index is 0.436. The molecule has 100 valence electrons. The van der Waals surface area contributed by atoms with Gasteiger partial charge in [-0.2, -0.15) is 5.10 Å². The fourth-order valence-electron chi connectivity index (χ4n) is 3.01. The van der Waals surface area contributed by atoms with Crippen LogP contribution in [0, 0.1) is 0 Å². The van der Waals surface area contributed by atoms with Crippen molar-refractivity contribution in [2.24, 2.45) is 0 Å². The summed E-state index contributed by atoms with van der Waals surface area (Å²) in [5.74, 6) is 0. The van der Waals surface area contributed by atoms with Crippen molar-refractivity contribution in [1.29, 1.82) is 0 Å². The second-order valence-electron chi connectivity index (χ2n) is 6.16. The van der Waals surface area contributed by atoms with Crippen LogP contribution in [0.5, 0.6) is 0 Å². The summed E-state index contributed by atoms with van der Waals surface area (Å²) < 4.78 is 2.01. The summed E-state index contributed by atoms with van der Waals surface area (Å²) >= 11 is 0. The highest BCUT2D eigenvalue weighted by Crippen LogP contribution is 2.34. The number of hydrogen-bond acceptors (Lipinski definition) is 3. The second-order valence-corrected chi connectivity index (χ2v) is 6.16. The second kappa shape index (κ2) is 4.57. The summed E-state index contributed by atoms with van der Waals surface area (Å²) in [6.45, 7) is 7.86. The number of rotatable bonds is 4. The average Bonchev–Trinajstić information content (AvgIpc) is 2.94. The van der Waals surface area contributed by atoms with Crippen molar-refractivity contribution in [3.63, 3.8) is 0 Å². The number of nitrogens with zero attached hydrogens (tertiary/aromatic N) is 3. The zero-order chi connectivity index (χ0) is 12.7. The molecule has 0 bridgehead atoms. The van der Waals surface area contributed by atoms with E-state index in [1.54, 1.807) is 0 Å². The van der Waals surface area contributed by atoms with Crippen molar-refractivity contribution in [2.75, 3.05) is 11.9 Å². The Morgan fingerprint density at radius 1 is 1.39 bits per heavy atom. The highest BCUT2D eigenvalue weighted by molar-refractivity contribution is 5.40. The van der Waals surface area contributed by atoms with Gasteiger partial charge in [0.1, 0.15) is 0 Å². The molecule has 0 aromatic carbocycles. The molecule has 1 saturated carbocycles. The largest absolute Gasteiger partial charge is 0.378 e. The first-order valence-electron chi connectivity index (χ1n) is 7.20. The van der Waals surface area contributed by atoms with Crippen molar-refractivity contribution in [1.82, 2.24) is 14.7 Å². The van der Waals surface area contributed by atoms with E-state index in [4.69, 9.17) is 0 Å². The smallest absolute Gasteiger partial charge is 0.0729 e. The first-order chi connectivity index (χ1) is 8.63. The van der Waals surface area contributed by atoms with Crippen molar-refractivity contribution in [2.45, 2.75) is 64.2 Å². The molecule has 1 N–H and O–H groups in total. The Kier molecular flexibility index (Phi) is 3.06. The Balaban J connectivity index is 1.59. The van der Waals surface area contributed by atoms with Crippen LogP contribution in [0.25, 0.3) is 0 Å². The monoisotopic (exact) mass is 248 g/mol. The van der Waals surface area contributed by atoms with Gasteiger partial charge >= 0.3 is 0 Å². The topological polar surface area (TPSA) is 33.1 Å². The Morgan fingerprint density at radius 2 is 2.17 bits per heavy atom. The van der Waals surface area contributed by atoms with Crippen LogP contribution in [0.1, 0.15) is 46.1 Å². The number of hydrogen-bond donors (Lipinski definition) is 1. The van der Waals surface area contributed by atoms with Gasteiger partial charge in [-0.15, -0.1) is 0 Å². The molecule has 0 radical (unpaired) electrons. The van der Waals surface area contributed by atoms with Gasteiger partial charge in [0.15, 0.2) is 0 Å². The summed E-state index contributed by atoms with van der Waals surface area (Å²) in [4.78, 5) is 2.67. The van der Waals surface area contributed by atoms with E-state index < -0.39 is 0 Å². The molecule has 2 unspecified atom stereocenters. The van der Waals surface area contributed by atoms with Gasteiger partial charge in [0.2, 0.25) is 0 Å². The Morgan fingerprint density at radius 3 is 2.78 bits per heavy atom. The fraction of sp³-hybridized carbons (Fsp3) is 0.786. The lowest BCUT2D eigenvalue weighted by Crippen LogP contribution is -2.30. The van der Waals surface area contributed by atoms with Gasteiger partial charge in [-0.1, -0.05) is 0 Å². The van der Waals surface area contributed by atoms with Crippen LogP contribution in [0.15, 0.2) is 12.4 Å². The first kappa shape index (κ1) is 12.0. The maximum Gasteiger partial charge on any atom is 0.0729 e. The molecule has 1 aliphatic carbocycles. The molecule has 2 atom stereocenters. The summed E-state index contributed by atoms with van der Waals surface area (Å²) in [5.41, 5.74) is 1.17. The van der Waals surface area contributed by atoms with E-state index in [2.05, 4.69) is 42.3 Å². The van der Waals surface area contributed by atoms with Crippen molar-refractivity contribution < 1.29 is 0 Å².